The van der Waals surface area contributed by atoms with Crippen LogP contribution in [0.25, 0.3) is 0 Å². The Kier molecular flexibility index (Phi) is 3.95. The molecule has 1 saturated carbocycles. The summed E-state index contributed by atoms with van der Waals surface area (Å²) in [7, 11) is 0. The highest BCUT2D eigenvalue weighted by molar-refractivity contribution is 5.85. The van der Waals surface area contributed by atoms with Crippen molar-refractivity contribution >= 4 is 5.91 Å². The SMILES string of the molecule is Cc1ccc(CCNC(=O)C2(CO)CC2)c(C)c1C. The molecular formula is C16H23NO2. The standard InChI is InChI=1S/C16H23NO2/c1-11-4-5-14(13(3)12(11)2)6-9-17-15(19)16(10-18)7-8-16/h4-5,18H,6-10H2,1-3H3,(H,17,19). The van der Waals surface area contributed by atoms with Gasteiger partial charge in [0.2, 0.25) is 5.91 Å². The lowest BCUT2D eigenvalue weighted by Crippen LogP contribution is -2.35. The van der Waals surface area contributed by atoms with Gasteiger partial charge >= 0.3 is 0 Å². The quantitative estimate of drug-likeness (QED) is 0.852. The van der Waals surface area contributed by atoms with Crippen LogP contribution in [0.5, 0.6) is 0 Å². The van der Waals surface area contributed by atoms with Crippen LogP contribution in [-0.2, 0) is 11.2 Å². The van der Waals surface area contributed by atoms with Gasteiger partial charge < -0.3 is 10.4 Å². The minimum Gasteiger partial charge on any atom is -0.395 e. The number of aliphatic hydroxyl groups excluding tert-OH is 1. The van der Waals surface area contributed by atoms with Crippen molar-refractivity contribution in [3.63, 3.8) is 0 Å². The predicted octanol–water partition coefficient (Wildman–Crippen LogP) is 2.04. The molecule has 104 valence electrons. The number of amides is 1. The van der Waals surface area contributed by atoms with E-state index in [1.165, 1.54) is 22.3 Å². The van der Waals surface area contributed by atoms with Gasteiger partial charge in [-0.15, -0.1) is 0 Å². The van der Waals surface area contributed by atoms with Crippen molar-refractivity contribution in [1.82, 2.24) is 5.32 Å². The van der Waals surface area contributed by atoms with Gasteiger partial charge in [-0.1, -0.05) is 12.1 Å². The third kappa shape index (κ3) is 2.81. The first-order valence-corrected chi connectivity index (χ1v) is 6.95. The number of hydrogen-bond acceptors (Lipinski definition) is 2. The molecule has 0 aromatic heterocycles. The number of carbonyl (C=O) groups excluding carboxylic acids is 1. The van der Waals surface area contributed by atoms with E-state index in [-0.39, 0.29) is 12.5 Å². The largest absolute Gasteiger partial charge is 0.395 e. The molecule has 1 aromatic carbocycles. The minimum absolute atomic E-state index is 0.0106. The lowest BCUT2D eigenvalue weighted by molar-refractivity contribution is -0.127. The summed E-state index contributed by atoms with van der Waals surface area (Å²) in [6, 6.07) is 4.28. The summed E-state index contributed by atoms with van der Waals surface area (Å²) in [5.41, 5.74) is 4.79. The summed E-state index contributed by atoms with van der Waals surface area (Å²) >= 11 is 0. The summed E-state index contributed by atoms with van der Waals surface area (Å²) < 4.78 is 0. The Hall–Kier alpha value is -1.35. The minimum atomic E-state index is -0.460. The summed E-state index contributed by atoms with van der Waals surface area (Å²) in [5, 5.41) is 12.1. The molecule has 0 unspecified atom stereocenters. The molecule has 19 heavy (non-hydrogen) atoms. The number of benzene rings is 1. The summed E-state index contributed by atoms with van der Waals surface area (Å²) in [6.07, 6.45) is 2.48. The maximum Gasteiger partial charge on any atom is 0.228 e. The van der Waals surface area contributed by atoms with E-state index in [0.29, 0.717) is 6.54 Å². The van der Waals surface area contributed by atoms with Crippen molar-refractivity contribution in [1.29, 1.82) is 0 Å². The molecule has 1 aromatic rings. The molecule has 0 atom stereocenters. The fourth-order valence-corrected chi connectivity index (χ4v) is 2.39. The zero-order chi connectivity index (χ0) is 14.0. The van der Waals surface area contributed by atoms with Crippen LogP contribution in [0.2, 0.25) is 0 Å². The average molecular weight is 261 g/mol. The van der Waals surface area contributed by atoms with E-state index in [9.17, 15) is 9.90 Å². The molecule has 2 N–H and O–H groups in total. The molecule has 0 heterocycles. The number of nitrogens with one attached hydrogen (secondary N) is 1. The molecule has 2 rings (SSSR count). The van der Waals surface area contributed by atoms with E-state index in [0.717, 1.165) is 19.3 Å². The van der Waals surface area contributed by atoms with Gasteiger partial charge in [-0.2, -0.15) is 0 Å². The van der Waals surface area contributed by atoms with Crippen LogP contribution in [0, 0.1) is 26.2 Å². The number of rotatable bonds is 5. The fourth-order valence-electron chi connectivity index (χ4n) is 2.39. The number of aliphatic hydroxyl groups is 1. The average Bonchev–Trinajstić information content (AvgIpc) is 3.19. The van der Waals surface area contributed by atoms with Gasteiger partial charge in [-0.05, 0) is 62.3 Å². The highest BCUT2D eigenvalue weighted by Gasteiger charge is 2.49. The van der Waals surface area contributed by atoms with Crippen LogP contribution in [0.3, 0.4) is 0 Å². The molecule has 0 spiro atoms. The molecule has 1 amide bonds. The van der Waals surface area contributed by atoms with E-state index in [1.807, 2.05) is 0 Å². The summed E-state index contributed by atoms with van der Waals surface area (Å²) in [4.78, 5) is 11.9. The first kappa shape index (κ1) is 14.1. The van der Waals surface area contributed by atoms with Gasteiger partial charge in [0.15, 0.2) is 0 Å². The topological polar surface area (TPSA) is 49.3 Å². The highest BCUT2D eigenvalue weighted by Crippen LogP contribution is 2.45. The molecule has 0 radical (unpaired) electrons. The van der Waals surface area contributed by atoms with Crippen molar-refractivity contribution < 1.29 is 9.90 Å². The third-order valence-electron chi connectivity index (χ3n) is 4.49. The second kappa shape index (κ2) is 5.33. The van der Waals surface area contributed by atoms with E-state index in [4.69, 9.17) is 0 Å². The normalized spacial score (nSPS) is 16.2. The van der Waals surface area contributed by atoms with Crippen molar-refractivity contribution in [2.75, 3.05) is 13.2 Å². The van der Waals surface area contributed by atoms with Gasteiger partial charge in [-0.25, -0.2) is 0 Å². The van der Waals surface area contributed by atoms with Crippen LogP contribution in [-0.4, -0.2) is 24.2 Å². The lowest BCUT2D eigenvalue weighted by Gasteiger charge is -2.14. The van der Waals surface area contributed by atoms with E-state index in [2.05, 4.69) is 38.2 Å². The Morgan fingerprint density at radius 1 is 1.26 bits per heavy atom. The molecule has 0 bridgehead atoms. The second-order valence-electron chi connectivity index (χ2n) is 5.74. The van der Waals surface area contributed by atoms with Gasteiger partial charge in [0, 0.05) is 6.54 Å². The van der Waals surface area contributed by atoms with E-state index < -0.39 is 5.41 Å². The zero-order valence-electron chi connectivity index (χ0n) is 12.0. The Morgan fingerprint density at radius 2 is 1.95 bits per heavy atom. The van der Waals surface area contributed by atoms with Gasteiger partial charge in [0.1, 0.15) is 0 Å². The van der Waals surface area contributed by atoms with Crippen LogP contribution in [0.1, 0.15) is 35.1 Å². The molecular weight excluding hydrogens is 238 g/mol. The van der Waals surface area contributed by atoms with Crippen LogP contribution in [0.4, 0.5) is 0 Å². The Morgan fingerprint density at radius 3 is 2.53 bits per heavy atom. The molecule has 1 aliphatic carbocycles. The van der Waals surface area contributed by atoms with Crippen LogP contribution < -0.4 is 5.32 Å². The summed E-state index contributed by atoms with van der Waals surface area (Å²) in [5.74, 6) is 0.0106. The van der Waals surface area contributed by atoms with E-state index >= 15 is 0 Å². The number of hydrogen-bond donors (Lipinski definition) is 2. The van der Waals surface area contributed by atoms with Crippen molar-refractivity contribution in [2.24, 2.45) is 5.41 Å². The lowest BCUT2D eigenvalue weighted by atomic mass is 9.97. The maximum absolute atomic E-state index is 11.9. The van der Waals surface area contributed by atoms with Crippen LogP contribution >= 0.6 is 0 Å². The third-order valence-corrected chi connectivity index (χ3v) is 4.49. The second-order valence-corrected chi connectivity index (χ2v) is 5.74. The zero-order valence-corrected chi connectivity index (χ0v) is 12.0. The number of carbonyl (C=O) groups is 1. The molecule has 1 aliphatic rings. The van der Waals surface area contributed by atoms with Crippen LogP contribution in [0.15, 0.2) is 12.1 Å². The fraction of sp³-hybridized carbons (Fsp3) is 0.562. The van der Waals surface area contributed by atoms with Gasteiger partial charge in [0.25, 0.3) is 0 Å². The highest BCUT2D eigenvalue weighted by atomic mass is 16.3. The Balaban J connectivity index is 1.90. The Bertz CT molecular complexity index is 490. The molecule has 0 aliphatic heterocycles. The smallest absolute Gasteiger partial charge is 0.228 e. The first-order valence-electron chi connectivity index (χ1n) is 6.95. The van der Waals surface area contributed by atoms with Crippen molar-refractivity contribution in [3.8, 4) is 0 Å². The van der Waals surface area contributed by atoms with Gasteiger partial charge in [0.05, 0.1) is 12.0 Å². The molecule has 0 saturated heterocycles. The monoisotopic (exact) mass is 261 g/mol. The Labute approximate surface area is 115 Å². The molecule has 3 heteroatoms. The number of aryl methyl sites for hydroxylation is 1. The predicted molar refractivity (Wildman–Crippen MR) is 76.1 cm³/mol. The first-order chi connectivity index (χ1) is 9.00. The molecule has 3 nitrogen and oxygen atoms in total. The maximum atomic E-state index is 11.9. The van der Waals surface area contributed by atoms with E-state index in [1.54, 1.807) is 0 Å². The summed E-state index contributed by atoms with van der Waals surface area (Å²) in [6.45, 7) is 7.00. The van der Waals surface area contributed by atoms with Crippen molar-refractivity contribution in [2.45, 2.75) is 40.0 Å². The van der Waals surface area contributed by atoms with Crippen molar-refractivity contribution in [3.05, 3.63) is 34.4 Å². The molecule has 1 fully saturated rings. The van der Waals surface area contributed by atoms with Gasteiger partial charge in [-0.3, -0.25) is 4.79 Å².